The highest BCUT2D eigenvalue weighted by atomic mass is 35.5. The lowest BCUT2D eigenvalue weighted by Crippen LogP contribution is -2.56. The fourth-order valence-electron chi connectivity index (χ4n) is 5.45. The average Bonchev–Trinajstić information content (AvgIpc) is 2.53. The Morgan fingerprint density at radius 1 is 1.15 bits per heavy atom. The maximum absolute atomic E-state index is 12.8. The Morgan fingerprint density at radius 3 is 2.46 bits per heavy atom. The number of amides is 1. The largest absolute Gasteiger partial charge is 0.455 e. The highest BCUT2D eigenvalue weighted by Gasteiger charge is 2.60. The van der Waals surface area contributed by atoms with Crippen molar-refractivity contribution in [3.8, 4) is 0 Å². The van der Waals surface area contributed by atoms with Gasteiger partial charge in [-0.05, 0) is 68.6 Å². The van der Waals surface area contributed by atoms with Crippen molar-refractivity contribution in [3.63, 3.8) is 0 Å². The molecule has 1 N–H and O–H groups in total. The van der Waals surface area contributed by atoms with Gasteiger partial charge in [-0.2, -0.15) is 0 Å². The zero-order valence-electron chi connectivity index (χ0n) is 14.2. The molecule has 7 heteroatoms. The summed E-state index contributed by atoms with van der Waals surface area (Å²) in [7, 11) is 0. The smallest absolute Gasteiger partial charge is 0.312 e. The Morgan fingerprint density at radius 2 is 1.85 bits per heavy atom. The molecule has 0 saturated heterocycles. The van der Waals surface area contributed by atoms with Crippen LogP contribution in [0.25, 0.3) is 0 Å². The minimum absolute atomic E-state index is 0.262. The fourth-order valence-corrected chi connectivity index (χ4v) is 6.60. The van der Waals surface area contributed by atoms with Crippen LogP contribution in [-0.4, -0.2) is 23.4 Å². The lowest BCUT2D eigenvalue weighted by Gasteiger charge is -2.58. The molecule has 4 aliphatic rings. The zero-order valence-corrected chi connectivity index (χ0v) is 16.5. The number of hydrogen-bond acceptors (Lipinski definition) is 3. The molecule has 5 rings (SSSR count). The first kappa shape index (κ1) is 18.4. The molecule has 2 unspecified atom stereocenters. The topological polar surface area (TPSA) is 55.4 Å². The summed E-state index contributed by atoms with van der Waals surface area (Å²) in [5.41, 5.74) is -0.0732. The molecule has 0 aliphatic heterocycles. The predicted molar refractivity (Wildman–Crippen MR) is 102 cm³/mol. The lowest BCUT2D eigenvalue weighted by molar-refractivity contribution is -0.171. The standard InChI is InChI=1S/C19H20Cl3NO3/c20-13-1-2-15(14(21)4-13)23-16(24)9-26-17(25)18-5-11-3-12(6-18)8-19(22,7-11)10-18/h1-2,4,11-12H,3,5-10H2,(H,23,24)/t11-,12+,18?,19?. The molecule has 1 amide bonds. The van der Waals surface area contributed by atoms with Crippen LogP contribution in [0.4, 0.5) is 5.69 Å². The number of benzene rings is 1. The van der Waals surface area contributed by atoms with Gasteiger partial charge in [0.2, 0.25) is 0 Å². The second-order valence-corrected chi connectivity index (χ2v) is 9.79. The molecule has 4 fully saturated rings. The van der Waals surface area contributed by atoms with Crippen molar-refractivity contribution in [2.24, 2.45) is 17.3 Å². The first-order valence-corrected chi connectivity index (χ1v) is 10.0. The zero-order chi connectivity index (χ0) is 18.5. The van der Waals surface area contributed by atoms with Gasteiger partial charge in [0.1, 0.15) is 0 Å². The van der Waals surface area contributed by atoms with Gasteiger partial charge in [0, 0.05) is 9.90 Å². The van der Waals surface area contributed by atoms with Crippen LogP contribution < -0.4 is 5.32 Å². The van der Waals surface area contributed by atoms with E-state index in [1.165, 1.54) is 6.42 Å². The Kier molecular flexibility index (Phi) is 4.65. The number of carbonyl (C=O) groups is 2. The Bertz CT molecular complexity index is 752. The van der Waals surface area contributed by atoms with E-state index < -0.39 is 11.3 Å². The molecule has 0 spiro atoms. The van der Waals surface area contributed by atoms with Gasteiger partial charge in [-0.25, -0.2) is 0 Å². The molecule has 4 saturated carbocycles. The summed E-state index contributed by atoms with van der Waals surface area (Å²) < 4.78 is 5.39. The molecular formula is C19H20Cl3NO3. The first-order chi connectivity index (χ1) is 12.3. The van der Waals surface area contributed by atoms with Crippen LogP contribution >= 0.6 is 34.8 Å². The Balaban J connectivity index is 1.37. The number of carbonyl (C=O) groups excluding carboxylic acids is 2. The average molecular weight is 417 g/mol. The minimum Gasteiger partial charge on any atom is -0.455 e. The number of halogens is 3. The van der Waals surface area contributed by atoms with Crippen LogP contribution in [0.5, 0.6) is 0 Å². The van der Waals surface area contributed by atoms with Gasteiger partial charge in [0.15, 0.2) is 6.61 Å². The van der Waals surface area contributed by atoms with Crippen LogP contribution in [0.15, 0.2) is 18.2 Å². The number of alkyl halides is 1. The van der Waals surface area contributed by atoms with Crippen LogP contribution in [0, 0.1) is 17.3 Å². The first-order valence-electron chi connectivity index (χ1n) is 8.88. The van der Waals surface area contributed by atoms with Gasteiger partial charge < -0.3 is 10.1 Å². The van der Waals surface area contributed by atoms with E-state index in [1.807, 2.05) is 0 Å². The maximum atomic E-state index is 12.8. The van der Waals surface area contributed by atoms with E-state index in [1.54, 1.807) is 18.2 Å². The second-order valence-electron chi connectivity index (χ2n) is 8.14. The van der Waals surface area contributed by atoms with Crippen molar-refractivity contribution >= 4 is 52.4 Å². The second kappa shape index (κ2) is 6.57. The summed E-state index contributed by atoms with van der Waals surface area (Å²) in [5.74, 6) is 0.299. The summed E-state index contributed by atoms with van der Waals surface area (Å²) in [4.78, 5) is 24.7. The van der Waals surface area contributed by atoms with Crippen LogP contribution in [-0.2, 0) is 14.3 Å². The van der Waals surface area contributed by atoms with Gasteiger partial charge in [-0.15, -0.1) is 11.6 Å². The molecule has 0 aromatic heterocycles. The van der Waals surface area contributed by atoms with Crippen LogP contribution in [0.1, 0.15) is 38.5 Å². The normalized spacial score (nSPS) is 34.6. The number of nitrogens with one attached hydrogen (secondary N) is 1. The molecular weight excluding hydrogens is 397 g/mol. The molecule has 0 heterocycles. The molecule has 0 radical (unpaired) electrons. The van der Waals surface area contributed by atoms with E-state index in [2.05, 4.69) is 5.32 Å². The summed E-state index contributed by atoms with van der Waals surface area (Å²) >= 11 is 18.6. The molecule has 4 aliphatic carbocycles. The van der Waals surface area contributed by atoms with Crippen molar-refractivity contribution in [1.29, 1.82) is 0 Å². The highest BCUT2D eigenvalue weighted by Crippen LogP contribution is 2.64. The van der Waals surface area contributed by atoms with E-state index in [0.29, 0.717) is 34.0 Å². The SMILES string of the molecule is O=C(COC(=O)C12C[C@@H]3C[C@@H](CC(Cl)(C3)C1)C2)Nc1ccc(Cl)cc1Cl. The van der Waals surface area contributed by atoms with E-state index in [-0.39, 0.29) is 17.5 Å². The van der Waals surface area contributed by atoms with E-state index >= 15 is 0 Å². The lowest BCUT2D eigenvalue weighted by atomic mass is 9.49. The quantitative estimate of drug-likeness (QED) is 0.552. The molecule has 4 nitrogen and oxygen atoms in total. The molecule has 4 bridgehead atoms. The van der Waals surface area contributed by atoms with Gasteiger partial charge in [0.25, 0.3) is 5.91 Å². The van der Waals surface area contributed by atoms with Crippen LogP contribution in [0.2, 0.25) is 10.0 Å². The highest BCUT2D eigenvalue weighted by molar-refractivity contribution is 6.36. The molecule has 4 atom stereocenters. The third-order valence-electron chi connectivity index (χ3n) is 5.96. The van der Waals surface area contributed by atoms with Crippen LogP contribution in [0.3, 0.4) is 0 Å². The number of esters is 1. The number of anilines is 1. The Labute approximate surface area is 167 Å². The molecule has 26 heavy (non-hydrogen) atoms. The van der Waals surface area contributed by atoms with Gasteiger partial charge in [0.05, 0.1) is 16.1 Å². The van der Waals surface area contributed by atoms with Crippen molar-refractivity contribution < 1.29 is 14.3 Å². The van der Waals surface area contributed by atoms with Gasteiger partial charge in [-0.1, -0.05) is 23.2 Å². The summed E-state index contributed by atoms with van der Waals surface area (Å²) in [6.07, 6.45) is 5.49. The number of ether oxygens (including phenoxy) is 1. The van der Waals surface area contributed by atoms with Crippen molar-refractivity contribution in [1.82, 2.24) is 0 Å². The maximum Gasteiger partial charge on any atom is 0.312 e. The Hall–Kier alpha value is -0.970. The summed E-state index contributed by atoms with van der Waals surface area (Å²) in [5, 5.41) is 3.46. The third kappa shape index (κ3) is 3.44. The minimum atomic E-state index is -0.510. The van der Waals surface area contributed by atoms with E-state index in [4.69, 9.17) is 39.5 Å². The summed E-state index contributed by atoms with van der Waals surface area (Å²) in [6, 6.07) is 4.78. The van der Waals surface area contributed by atoms with Crippen molar-refractivity contribution in [2.45, 2.75) is 43.4 Å². The summed E-state index contributed by atoms with van der Waals surface area (Å²) in [6.45, 7) is -0.329. The molecule has 1 aromatic carbocycles. The van der Waals surface area contributed by atoms with Gasteiger partial charge in [-0.3, -0.25) is 9.59 Å². The van der Waals surface area contributed by atoms with E-state index in [0.717, 1.165) is 25.7 Å². The molecule has 1 aromatic rings. The van der Waals surface area contributed by atoms with Crippen molar-refractivity contribution in [3.05, 3.63) is 28.2 Å². The number of hydrogen-bond donors (Lipinski definition) is 1. The number of rotatable bonds is 4. The third-order valence-corrected chi connectivity index (χ3v) is 6.95. The fraction of sp³-hybridized carbons (Fsp3) is 0.579. The predicted octanol–water partition coefficient (Wildman–Crippen LogP) is 5.05. The van der Waals surface area contributed by atoms with E-state index in [9.17, 15) is 9.59 Å². The van der Waals surface area contributed by atoms with Crippen molar-refractivity contribution in [2.75, 3.05) is 11.9 Å². The van der Waals surface area contributed by atoms with Gasteiger partial charge >= 0.3 is 5.97 Å². The molecule has 140 valence electrons. The monoisotopic (exact) mass is 415 g/mol.